The van der Waals surface area contributed by atoms with E-state index in [0.717, 1.165) is 11.6 Å². The molecular formula is C22H25N5O5S. The van der Waals surface area contributed by atoms with E-state index in [1.165, 1.54) is 16.4 Å². The van der Waals surface area contributed by atoms with Crippen molar-refractivity contribution in [2.24, 2.45) is 23.2 Å². The average Bonchev–Trinajstić information content (AvgIpc) is 3.02. The lowest BCUT2D eigenvalue weighted by Crippen LogP contribution is -2.44. The number of benzene rings is 2. The lowest BCUT2D eigenvalue weighted by Gasteiger charge is -2.35. The van der Waals surface area contributed by atoms with Gasteiger partial charge in [0.05, 0.1) is 10.4 Å². The van der Waals surface area contributed by atoms with Crippen molar-refractivity contribution in [3.05, 3.63) is 52.6 Å². The topological polar surface area (TPSA) is 130 Å². The van der Waals surface area contributed by atoms with E-state index in [4.69, 9.17) is 0 Å². The number of aromatic nitrogens is 1. The van der Waals surface area contributed by atoms with Gasteiger partial charge in [-0.15, -0.1) is 10.2 Å². The number of hydrogen-bond donors (Lipinski definition) is 1. The van der Waals surface area contributed by atoms with Crippen LogP contribution in [0.25, 0.3) is 10.9 Å². The van der Waals surface area contributed by atoms with Gasteiger partial charge in [0.25, 0.3) is 5.69 Å². The highest BCUT2D eigenvalue weighted by Gasteiger charge is 2.35. The highest BCUT2D eigenvalue weighted by atomic mass is 32.2. The predicted octanol–water partition coefficient (Wildman–Crippen LogP) is 5.02. The Morgan fingerprint density at radius 3 is 2.58 bits per heavy atom. The minimum atomic E-state index is -4.07. The summed E-state index contributed by atoms with van der Waals surface area (Å²) in [7, 11) is -2.39. The number of rotatable bonds is 5. The summed E-state index contributed by atoms with van der Waals surface area (Å²) in [6.45, 7) is 4.23. The quantitative estimate of drug-likeness (QED) is 0.317. The molecule has 3 aromatic rings. The van der Waals surface area contributed by atoms with Gasteiger partial charge in [-0.05, 0) is 37.8 Å². The van der Waals surface area contributed by atoms with Gasteiger partial charge < -0.3 is 9.67 Å². The Hall–Kier alpha value is -3.31. The van der Waals surface area contributed by atoms with Gasteiger partial charge in [0.2, 0.25) is 15.9 Å². The first kappa shape index (κ1) is 22.9. The number of aryl methyl sites for hydroxylation is 1. The molecule has 174 valence electrons. The van der Waals surface area contributed by atoms with E-state index in [0.29, 0.717) is 30.7 Å². The maximum atomic E-state index is 13.5. The zero-order chi connectivity index (χ0) is 23.9. The van der Waals surface area contributed by atoms with Gasteiger partial charge >= 0.3 is 0 Å². The van der Waals surface area contributed by atoms with Crippen LogP contribution < -0.4 is 0 Å². The van der Waals surface area contributed by atoms with E-state index >= 15 is 0 Å². The maximum absolute atomic E-state index is 13.5. The number of para-hydroxylation sites is 1. The Morgan fingerprint density at radius 2 is 1.88 bits per heavy atom. The van der Waals surface area contributed by atoms with E-state index in [-0.39, 0.29) is 33.9 Å². The standard InChI is InChI=1S/C22H25N5O5S/c1-14-10-11-26(15(2)12-14)33(31,32)20-13-16(27(29)30)8-9-18(20)23-24-21-17-6-4-5-7-19(17)25(3)22(21)28/h4-9,13-15,28H,10-12H2,1-3H3/t14-,15+/m0/s1. The number of nitro benzene ring substituents is 1. The third-order valence-electron chi connectivity index (χ3n) is 6.13. The fourth-order valence-corrected chi connectivity index (χ4v) is 6.14. The molecule has 2 heterocycles. The summed E-state index contributed by atoms with van der Waals surface area (Å²) in [5.41, 5.74) is 0.545. The van der Waals surface area contributed by atoms with Crippen molar-refractivity contribution in [1.29, 1.82) is 0 Å². The van der Waals surface area contributed by atoms with Crippen molar-refractivity contribution in [2.45, 2.75) is 37.6 Å². The van der Waals surface area contributed by atoms with Crippen LogP contribution in [-0.2, 0) is 17.1 Å². The number of fused-ring (bicyclic) bond motifs is 1. The van der Waals surface area contributed by atoms with E-state index < -0.39 is 14.9 Å². The first-order valence-electron chi connectivity index (χ1n) is 10.6. The molecule has 0 spiro atoms. The van der Waals surface area contributed by atoms with E-state index in [9.17, 15) is 23.6 Å². The lowest BCUT2D eigenvalue weighted by atomic mass is 9.95. The minimum absolute atomic E-state index is 0.0289. The third kappa shape index (κ3) is 4.09. The van der Waals surface area contributed by atoms with Crippen molar-refractivity contribution in [3.63, 3.8) is 0 Å². The van der Waals surface area contributed by atoms with Crippen molar-refractivity contribution in [3.8, 4) is 5.88 Å². The molecular weight excluding hydrogens is 446 g/mol. The molecule has 0 bridgehead atoms. The molecule has 1 aromatic heterocycles. The van der Waals surface area contributed by atoms with Crippen LogP contribution in [0.15, 0.2) is 57.6 Å². The SMILES string of the molecule is C[C@H]1CCN(S(=O)(=O)c2cc([N+](=O)[O-])ccc2N=Nc2c(O)n(C)c3ccccc23)[C@H](C)C1. The smallest absolute Gasteiger partial charge is 0.270 e. The molecule has 33 heavy (non-hydrogen) atoms. The zero-order valence-corrected chi connectivity index (χ0v) is 19.4. The van der Waals surface area contributed by atoms with Crippen LogP contribution in [0.4, 0.5) is 17.1 Å². The first-order chi connectivity index (χ1) is 15.6. The second kappa shape index (κ2) is 8.56. The molecule has 0 saturated carbocycles. The molecule has 0 unspecified atom stereocenters. The van der Waals surface area contributed by atoms with Gasteiger partial charge in [-0.3, -0.25) is 10.1 Å². The molecule has 1 aliphatic heterocycles. The normalized spacial score (nSPS) is 20.0. The van der Waals surface area contributed by atoms with Crippen molar-refractivity contribution < 1.29 is 18.4 Å². The second-order valence-corrected chi connectivity index (χ2v) is 10.3. The van der Waals surface area contributed by atoms with Crippen LogP contribution >= 0.6 is 0 Å². The highest BCUT2D eigenvalue weighted by molar-refractivity contribution is 7.89. The Bertz CT molecular complexity index is 1360. The maximum Gasteiger partial charge on any atom is 0.270 e. The monoisotopic (exact) mass is 471 g/mol. The molecule has 4 rings (SSSR count). The molecule has 0 amide bonds. The van der Waals surface area contributed by atoms with E-state index in [1.54, 1.807) is 23.7 Å². The van der Waals surface area contributed by atoms with E-state index in [2.05, 4.69) is 17.2 Å². The van der Waals surface area contributed by atoms with Crippen LogP contribution in [0.2, 0.25) is 0 Å². The van der Waals surface area contributed by atoms with Crippen molar-refractivity contribution >= 4 is 38.0 Å². The first-order valence-corrected chi connectivity index (χ1v) is 12.0. The number of nitro groups is 1. The summed E-state index contributed by atoms with van der Waals surface area (Å²) >= 11 is 0. The molecule has 0 aliphatic carbocycles. The second-order valence-electron chi connectivity index (χ2n) is 8.45. The molecule has 10 nitrogen and oxygen atoms in total. The molecule has 1 saturated heterocycles. The van der Waals surface area contributed by atoms with Gasteiger partial charge in [0.1, 0.15) is 10.6 Å². The molecule has 1 N–H and O–H groups in total. The summed E-state index contributed by atoms with van der Waals surface area (Å²) in [6, 6.07) is 10.4. The van der Waals surface area contributed by atoms with Crippen molar-refractivity contribution in [2.75, 3.05) is 6.54 Å². The molecule has 2 aromatic carbocycles. The summed E-state index contributed by atoms with van der Waals surface area (Å²) in [6.07, 6.45) is 1.41. The summed E-state index contributed by atoms with van der Waals surface area (Å²) in [5, 5.41) is 30.8. The molecule has 1 fully saturated rings. The lowest BCUT2D eigenvalue weighted by molar-refractivity contribution is -0.385. The fraction of sp³-hybridized carbons (Fsp3) is 0.364. The largest absolute Gasteiger partial charge is 0.493 e. The number of hydrogen-bond acceptors (Lipinski definition) is 7. The fourth-order valence-electron chi connectivity index (χ4n) is 4.34. The van der Waals surface area contributed by atoms with Crippen LogP contribution in [-0.4, -0.2) is 39.9 Å². The average molecular weight is 472 g/mol. The van der Waals surface area contributed by atoms with Gasteiger partial charge in [-0.1, -0.05) is 25.1 Å². The van der Waals surface area contributed by atoms with Crippen LogP contribution in [0.1, 0.15) is 26.7 Å². The van der Waals surface area contributed by atoms with Crippen LogP contribution in [0.3, 0.4) is 0 Å². The number of aromatic hydroxyl groups is 1. The Morgan fingerprint density at radius 1 is 1.15 bits per heavy atom. The van der Waals surface area contributed by atoms with E-state index in [1.807, 2.05) is 19.1 Å². The summed E-state index contributed by atoms with van der Waals surface area (Å²) < 4.78 is 30.0. The zero-order valence-electron chi connectivity index (χ0n) is 18.5. The predicted molar refractivity (Wildman–Crippen MR) is 124 cm³/mol. The molecule has 1 aliphatic rings. The van der Waals surface area contributed by atoms with Crippen molar-refractivity contribution in [1.82, 2.24) is 8.87 Å². The highest BCUT2D eigenvalue weighted by Crippen LogP contribution is 2.40. The number of piperidine rings is 1. The van der Waals surface area contributed by atoms with Crippen LogP contribution in [0.5, 0.6) is 5.88 Å². The third-order valence-corrected chi connectivity index (χ3v) is 8.17. The Labute approximate surface area is 191 Å². The van der Waals surface area contributed by atoms with Crippen LogP contribution in [0, 0.1) is 16.0 Å². The van der Waals surface area contributed by atoms with Gasteiger partial charge in [-0.25, -0.2) is 8.42 Å². The van der Waals surface area contributed by atoms with Gasteiger partial charge in [-0.2, -0.15) is 4.31 Å². The molecule has 2 atom stereocenters. The van der Waals surface area contributed by atoms with Gasteiger partial charge in [0.15, 0.2) is 5.69 Å². The number of sulfonamides is 1. The summed E-state index contributed by atoms with van der Waals surface area (Å²) in [4.78, 5) is 10.4. The number of non-ortho nitro benzene ring substituents is 1. The molecule has 11 heteroatoms. The molecule has 0 radical (unpaired) electrons. The summed E-state index contributed by atoms with van der Waals surface area (Å²) in [5.74, 6) is 0.273. The Balaban J connectivity index is 1.82. The minimum Gasteiger partial charge on any atom is -0.493 e. The number of azo groups is 1. The number of nitrogens with zero attached hydrogens (tertiary/aromatic N) is 5. The van der Waals surface area contributed by atoms with Gasteiger partial charge in [0, 0.05) is 37.2 Å². The Kier molecular flexibility index (Phi) is 5.93.